The highest BCUT2D eigenvalue weighted by atomic mass is 15.1. The summed E-state index contributed by atoms with van der Waals surface area (Å²) in [5, 5.41) is 0. The first kappa shape index (κ1) is 23.6. The second-order valence-corrected chi connectivity index (χ2v) is 10.1. The van der Waals surface area contributed by atoms with Crippen molar-refractivity contribution in [2.24, 2.45) is 5.92 Å². The van der Waals surface area contributed by atoms with Crippen LogP contribution in [0, 0.1) is 5.92 Å². The van der Waals surface area contributed by atoms with Gasteiger partial charge in [0.15, 0.2) is 0 Å². The van der Waals surface area contributed by atoms with Crippen LogP contribution in [0.15, 0.2) is 54.3 Å². The van der Waals surface area contributed by atoms with Crippen molar-refractivity contribution in [1.82, 2.24) is 4.90 Å². The molecule has 0 fully saturated rings. The largest absolute Gasteiger partial charge is 0.346 e. The standard InChI is InChI=1S/C30H43N/c1-8-10-11-12-13-25-18-27-26(15-14-21(3)4)19-31-20-29(22(5)6)23(7)16-30(31)28(27)17-24(25)9-2/h16-18,20-21,26H,5,7-15,19H2,1-4,6H3. The van der Waals surface area contributed by atoms with Crippen molar-refractivity contribution in [1.29, 1.82) is 0 Å². The van der Waals surface area contributed by atoms with Crippen molar-refractivity contribution in [2.75, 3.05) is 6.54 Å². The lowest BCUT2D eigenvalue weighted by molar-refractivity contribution is 0.401. The molecule has 1 atom stereocenters. The molecule has 0 saturated carbocycles. The van der Waals surface area contributed by atoms with E-state index in [1.807, 2.05) is 0 Å². The molecule has 31 heavy (non-hydrogen) atoms. The first-order valence-electron chi connectivity index (χ1n) is 12.6. The fraction of sp³-hybridized carbons (Fsp3) is 0.533. The molecule has 3 rings (SSSR count). The summed E-state index contributed by atoms with van der Waals surface area (Å²) in [6, 6.07) is 5.10. The minimum Gasteiger partial charge on any atom is -0.346 e. The van der Waals surface area contributed by atoms with Crippen LogP contribution >= 0.6 is 0 Å². The minimum absolute atomic E-state index is 0.587. The molecule has 0 spiro atoms. The van der Waals surface area contributed by atoms with Crippen molar-refractivity contribution in [2.45, 2.75) is 91.9 Å². The highest BCUT2D eigenvalue weighted by molar-refractivity contribution is 5.77. The Bertz CT molecular complexity index is 880. The van der Waals surface area contributed by atoms with Gasteiger partial charge in [-0.3, -0.25) is 0 Å². The van der Waals surface area contributed by atoms with Gasteiger partial charge in [-0.15, -0.1) is 0 Å². The molecule has 1 aromatic carbocycles. The van der Waals surface area contributed by atoms with Crippen molar-refractivity contribution in [3.63, 3.8) is 0 Å². The van der Waals surface area contributed by atoms with E-state index < -0.39 is 0 Å². The van der Waals surface area contributed by atoms with Gasteiger partial charge < -0.3 is 4.90 Å². The van der Waals surface area contributed by atoms with Crippen LogP contribution in [0.4, 0.5) is 0 Å². The third-order valence-corrected chi connectivity index (χ3v) is 6.99. The molecule has 1 nitrogen and oxygen atoms in total. The molecule has 0 amide bonds. The maximum absolute atomic E-state index is 4.35. The van der Waals surface area contributed by atoms with Crippen LogP contribution in [0.3, 0.4) is 0 Å². The van der Waals surface area contributed by atoms with Crippen LogP contribution < -0.4 is 0 Å². The topological polar surface area (TPSA) is 3.24 Å². The van der Waals surface area contributed by atoms with E-state index in [0.717, 1.165) is 30.0 Å². The molecule has 0 N–H and O–H groups in total. The summed E-state index contributed by atoms with van der Waals surface area (Å²) in [4.78, 5) is 2.48. The van der Waals surface area contributed by atoms with E-state index in [0.29, 0.717) is 5.92 Å². The van der Waals surface area contributed by atoms with Gasteiger partial charge in [-0.2, -0.15) is 0 Å². The zero-order chi connectivity index (χ0) is 22.5. The van der Waals surface area contributed by atoms with Crippen LogP contribution in [0.5, 0.6) is 0 Å². The summed E-state index contributed by atoms with van der Waals surface area (Å²) in [6.07, 6.45) is 14.8. The highest BCUT2D eigenvalue weighted by Gasteiger charge is 2.31. The molecule has 2 heterocycles. The third kappa shape index (κ3) is 5.43. The van der Waals surface area contributed by atoms with Crippen molar-refractivity contribution in [3.05, 3.63) is 76.5 Å². The van der Waals surface area contributed by atoms with E-state index in [2.05, 4.69) is 77.1 Å². The van der Waals surface area contributed by atoms with Gasteiger partial charge in [0.05, 0.1) is 0 Å². The van der Waals surface area contributed by atoms with E-state index in [1.165, 1.54) is 67.3 Å². The summed E-state index contributed by atoms with van der Waals surface area (Å²) in [5.41, 5.74) is 10.8. The van der Waals surface area contributed by atoms with Crippen LogP contribution in [-0.4, -0.2) is 11.4 Å². The number of unbranched alkanes of at least 4 members (excludes halogenated alkanes) is 3. The Labute approximate surface area is 191 Å². The number of hydrogen-bond donors (Lipinski definition) is 0. The van der Waals surface area contributed by atoms with E-state index in [4.69, 9.17) is 0 Å². The quantitative estimate of drug-likeness (QED) is 0.344. The molecular formula is C30H43N. The number of fused-ring (bicyclic) bond motifs is 3. The normalized spacial score (nSPS) is 17.9. The molecule has 0 saturated heterocycles. The Morgan fingerprint density at radius 2 is 1.90 bits per heavy atom. The molecule has 0 aromatic heterocycles. The average molecular weight is 418 g/mol. The number of aryl methyl sites for hydroxylation is 2. The van der Waals surface area contributed by atoms with E-state index in [9.17, 15) is 0 Å². The van der Waals surface area contributed by atoms with Crippen molar-refractivity contribution >= 4 is 5.70 Å². The molecule has 0 aliphatic carbocycles. The lowest BCUT2D eigenvalue weighted by Gasteiger charge is -2.40. The molecule has 1 unspecified atom stereocenters. The van der Waals surface area contributed by atoms with Crippen LogP contribution in [-0.2, 0) is 12.8 Å². The van der Waals surface area contributed by atoms with Gasteiger partial charge in [0.1, 0.15) is 0 Å². The highest BCUT2D eigenvalue weighted by Crippen LogP contribution is 2.43. The zero-order valence-corrected chi connectivity index (χ0v) is 20.7. The number of allylic oxidation sites excluding steroid dienone is 4. The molecular weight excluding hydrogens is 374 g/mol. The summed E-state index contributed by atoms with van der Waals surface area (Å²) in [5.74, 6) is 1.33. The second kappa shape index (κ2) is 10.5. The number of hydrogen-bond acceptors (Lipinski definition) is 1. The first-order valence-corrected chi connectivity index (χ1v) is 12.6. The fourth-order valence-corrected chi connectivity index (χ4v) is 5.09. The number of rotatable bonds is 10. The minimum atomic E-state index is 0.587. The first-order chi connectivity index (χ1) is 14.8. The Morgan fingerprint density at radius 3 is 2.55 bits per heavy atom. The van der Waals surface area contributed by atoms with Gasteiger partial charge >= 0.3 is 0 Å². The summed E-state index contributed by atoms with van der Waals surface area (Å²) >= 11 is 0. The monoisotopic (exact) mass is 417 g/mol. The second-order valence-electron chi connectivity index (χ2n) is 10.1. The predicted octanol–water partition coefficient (Wildman–Crippen LogP) is 8.58. The average Bonchev–Trinajstić information content (AvgIpc) is 2.74. The third-order valence-electron chi connectivity index (χ3n) is 6.99. The lowest BCUT2D eigenvalue weighted by atomic mass is 9.79. The number of nitrogens with zero attached hydrogens (tertiary/aromatic N) is 1. The van der Waals surface area contributed by atoms with Crippen molar-refractivity contribution < 1.29 is 0 Å². The zero-order valence-electron chi connectivity index (χ0n) is 20.7. The van der Waals surface area contributed by atoms with Gasteiger partial charge in [0.25, 0.3) is 0 Å². The lowest BCUT2D eigenvalue weighted by Crippen LogP contribution is -2.31. The van der Waals surface area contributed by atoms with E-state index >= 15 is 0 Å². The number of benzene rings is 1. The molecule has 1 aromatic rings. The Hall–Kier alpha value is -2.02. The molecule has 2 aliphatic heterocycles. The van der Waals surface area contributed by atoms with Crippen LogP contribution in [0.25, 0.3) is 5.70 Å². The molecule has 1 heteroatoms. The summed E-state index contributed by atoms with van der Waals surface area (Å²) in [7, 11) is 0. The SMILES string of the molecule is C=C(C)C1=CN2CC(CCC(C)C)c3cc(CCCCCC)c(CC)cc3C2=CC1=C. The smallest absolute Gasteiger partial charge is 0.0489 e. The van der Waals surface area contributed by atoms with Gasteiger partial charge in [0, 0.05) is 29.9 Å². The molecule has 168 valence electrons. The van der Waals surface area contributed by atoms with Crippen LogP contribution in [0.1, 0.15) is 101 Å². The van der Waals surface area contributed by atoms with Gasteiger partial charge in [-0.1, -0.05) is 72.6 Å². The van der Waals surface area contributed by atoms with E-state index in [1.54, 1.807) is 11.1 Å². The molecule has 2 aliphatic rings. The Morgan fingerprint density at radius 1 is 1.13 bits per heavy atom. The Kier molecular flexibility index (Phi) is 8.03. The molecule has 0 bridgehead atoms. The van der Waals surface area contributed by atoms with Crippen LogP contribution in [0.2, 0.25) is 0 Å². The van der Waals surface area contributed by atoms with Gasteiger partial charge in [-0.05, 0) is 84.1 Å². The van der Waals surface area contributed by atoms with Crippen molar-refractivity contribution in [3.8, 4) is 0 Å². The maximum atomic E-state index is 4.35. The van der Waals surface area contributed by atoms with Gasteiger partial charge in [0.2, 0.25) is 0 Å². The summed E-state index contributed by atoms with van der Waals surface area (Å²) in [6.45, 7) is 21.0. The fourth-order valence-electron chi connectivity index (χ4n) is 5.09. The molecule has 0 radical (unpaired) electrons. The summed E-state index contributed by atoms with van der Waals surface area (Å²) < 4.78 is 0. The van der Waals surface area contributed by atoms with Gasteiger partial charge in [-0.25, -0.2) is 0 Å². The predicted molar refractivity (Wildman–Crippen MR) is 137 cm³/mol. The van der Waals surface area contributed by atoms with E-state index in [-0.39, 0.29) is 0 Å². The maximum Gasteiger partial charge on any atom is 0.0489 e. The Balaban J connectivity index is 2.01.